The molecule has 1 aromatic rings. The van der Waals surface area contributed by atoms with Gasteiger partial charge in [0, 0.05) is 24.7 Å². The SMILES string of the molecule is CCOc1ccc(C(=O)NCCNC)cc1[N+](=O)[O-].Cl. The highest BCUT2D eigenvalue weighted by Gasteiger charge is 2.18. The molecule has 0 aromatic heterocycles. The molecule has 20 heavy (non-hydrogen) atoms. The van der Waals surface area contributed by atoms with Gasteiger partial charge in [-0.05, 0) is 26.1 Å². The standard InChI is InChI=1S/C12H17N3O4.ClH/c1-3-19-11-5-4-9(8-10(11)15(17)18)12(16)14-7-6-13-2;/h4-5,8,13H,3,6-7H2,1-2H3,(H,14,16);1H. The number of hydrogen-bond acceptors (Lipinski definition) is 5. The Bertz CT molecular complexity index is 468. The monoisotopic (exact) mass is 303 g/mol. The fourth-order valence-electron chi connectivity index (χ4n) is 1.48. The van der Waals surface area contributed by atoms with Gasteiger partial charge in [0.1, 0.15) is 0 Å². The van der Waals surface area contributed by atoms with E-state index in [4.69, 9.17) is 4.74 Å². The van der Waals surface area contributed by atoms with E-state index >= 15 is 0 Å². The summed E-state index contributed by atoms with van der Waals surface area (Å²) in [5.41, 5.74) is 0.0365. The van der Waals surface area contributed by atoms with Crippen LogP contribution in [0.5, 0.6) is 5.75 Å². The first-order valence-electron chi connectivity index (χ1n) is 5.94. The molecule has 0 aliphatic heterocycles. The van der Waals surface area contributed by atoms with Crippen molar-refractivity contribution in [2.24, 2.45) is 0 Å². The van der Waals surface area contributed by atoms with Gasteiger partial charge in [0.05, 0.1) is 11.5 Å². The van der Waals surface area contributed by atoms with Gasteiger partial charge in [-0.2, -0.15) is 0 Å². The van der Waals surface area contributed by atoms with Crippen molar-refractivity contribution in [1.29, 1.82) is 0 Å². The van der Waals surface area contributed by atoms with E-state index in [1.54, 1.807) is 14.0 Å². The minimum Gasteiger partial charge on any atom is -0.487 e. The Kier molecular flexibility index (Phi) is 8.26. The van der Waals surface area contributed by atoms with E-state index in [9.17, 15) is 14.9 Å². The van der Waals surface area contributed by atoms with Crippen LogP contribution in [0.4, 0.5) is 5.69 Å². The Morgan fingerprint density at radius 2 is 2.10 bits per heavy atom. The molecule has 1 amide bonds. The molecule has 0 saturated carbocycles. The number of carbonyl (C=O) groups is 1. The van der Waals surface area contributed by atoms with E-state index in [0.29, 0.717) is 19.7 Å². The second kappa shape index (κ2) is 9.11. The first-order valence-corrected chi connectivity index (χ1v) is 5.94. The van der Waals surface area contributed by atoms with Crippen LogP contribution in [0, 0.1) is 10.1 Å². The Labute approximate surface area is 123 Å². The lowest BCUT2D eigenvalue weighted by molar-refractivity contribution is -0.385. The summed E-state index contributed by atoms with van der Waals surface area (Å²) in [6.45, 7) is 3.15. The average molecular weight is 304 g/mol. The van der Waals surface area contributed by atoms with Gasteiger partial charge >= 0.3 is 5.69 Å². The predicted octanol–water partition coefficient (Wildman–Crippen LogP) is 1.36. The normalized spacial score (nSPS) is 9.50. The average Bonchev–Trinajstić information content (AvgIpc) is 2.39. The van der Waals surface area contributed by atoms with E-state index in [2.05, 4.69) is 10.6 Å². The molecule has 0 aliphatic carbocycles. The van der Waals surface area contributed by atoms with Gasteiger partial charge in [-0.3, -0.25) is 14.9 Å². The largest absolute Gasteiger partial charge is 0.487 e. The fraction of sp³-hybridized carbons (Fsp3) is 0.417. The molecular weight excluding hydrogens is 286 g/mol. The van der Waals surface area contributed by atoms with Gasteiger partial charge in [0.2, 0.25) is 0 Å². The summed E-state index contributed by atoms with van der Waals surface area (Å²) in [4.78, 5) is 22.1. The van der Waals surface area contributed by atoms with Crippen LogP contribution in [0.3, 0.4) is 0 Å². The van der Waals surface area contributed by atoms with Crippen LogP contribution in [0.15, 0.2) is 18.2 Å². The van der Waals surface area contributed by atoms with Gasteiger partial charge in [-0.25, -0.2) is 0 Å². The molecule has 1 rings (SSSR count). The number of hydrogen-bond donors (Lipinski definition) is 2. The summed E-state index contributed by atoms with van der Waals surface area (Å²) in [7, 11) is 1.77. The Morgan fingerprint density at radius 1 is 1.40 bits per heavy atom. The number of nitro groups is 1. The first kappa shape index (κ1) is 18.1. The maximum atomic E-state index is 11.8. The van der Waals surface area contributed by atoms with Crippen LogP contribution >= 0.6 is 12.4 Å². The van der Waals surface area contributed by atoms with Gasteiger partial charge in [-0.15, -0.1) is 12.4 Å². The molecule has 112 valence electrons. The fourth-order valence-corrected chi connectivity index (χ4v) is 1.48. The van der Waals surface area contributed by atoms with Crippen molar-refractivity contribution in [3.63, 3.8) is 0 Å². The molecule has 0 spiro atoms. The minimum atomic E-state index is -0.560. The zero-order chi connectivity index (χ0) is 14.3. The number of rotatable bonds is 7. The predicted molar refractivity (Wildman–Crippen MR) is 77.8 cm³/mol. The van der Waals surface area contributed by atoms with Crippen LogP contribution in [0.1, 0.15) is 17.3 Å². The highest BCUT2D eigenvalue weighted by atomic mass is 35.5. The van der Waals surface area contributed by atoms with E-state index in [1.165, 1.54) is 18.2 Å². The molecule has 0 saturated heterocycles. The highest BCUT2D eigenvalue weighted by Crippen LogP contribution is 2.27. The highest BCUT2D eigenvalue weighted by molar-refractivity contribution is 5.95. The summed E-state index contributed by atoms with van der Waals surface area (Å²) in [6, 6.07) is 4.17. The molecule has 2 N–H and O–H groups in total. The Hall–Kier alpha value is -1.86. The summed E-state index contributed by atoms with van der Waals surface area (Å²) in [5.74, 6) is -0.180. The molecule has 7 nitrogen and oxygen atoms in total. The number of benzene rings is 1. The number of nitrogens with one attached hydrogen (secondary N) is 2. The van der Waals surface area contributed by atoms with E-state index in [0.717, 1.165) is 0 Å². The molecule has 0 radical (unpaired) electrons. The lowest BCUT2D eigenvalue weighted by Gasteiger charge is -2.07. The van der Waals surface area contributed by atoms with Crippen molar-refractivity contribution in [3.05, 3.63) is 33.9 Å². The van der Waals surface area contributed by atoms with Crippen molar-refractivity contribution < 1.29 is 14.5 Å². The lowest BCUT2D eigenvalue weighted by atomic mass is 10.1. The molecule has 0 heterocycles. The van der Waals surface area contributed by atoms with Crippen molar-refractivity contribution >= 4 is 24.0 Å². The Balaban J connectivity index is 0.00000361. The number of carbonyl (C=O) groups excluding carboxylic acids is 1. The zero-order valence-electron chi connectivity index (χ0n) is 11.3. The number of nitrogens with zero attached hydrogens (tertiary/aromatic N) is 1. The molecule has 0 atom stereocenters. The van der Waals surface area contributed by atoms with E-state index in [-0.39, 0.29) is 35.3 Å². The first-order chi connectivity index (χ1) is 9.10. The third-order valence-electron chi connectivity index (χ3n) is 2.38. The minimum absolute atomic E-state index is 0. The molecule has 0 unspecified atom stereocenters. The van der Waals surface area contributed by atoms with E-state index in [1.807, 2.05) is 0 Å². The maximum Gasteiger partial charge on any atom is 0.311 e. The molecule has 0 bridgehead atoms. The topological polar surface area (TPSA) is 93.5 Å². The van der Waals surface area contributed by atoms with E-state index < -0.39 is 4.92 Å². The van der Waals surface area contributed by atoms with Crippen molar-refractivity contribution in [3.8, 4) is 5.75 Å². The molecular formula is C12H18ClN3O4. The van der Waals surface area contributed by atoms with Gasteiger partial charge in [-0.1, -0.05) is 0 Å². The van der Waals surface area contributed by atoms with Crippen LogP contribution in [0.2, 0.25) is 0 Å². The van der Waals surface area contributed by atoms with Crippen LogP contribution < -0.4 is 15.4 Å². The van der Waals surface area contributed by atoms with Crippen molar-refractivity contribution in [2.45, 2.75) is 6.92 Å². The number of amides is 1. The maximum absolute atomic E-state index is 11.8. The number of ether oxygens (including phenoxy) is 1. The summed E-state index contributed by atoms with van der Waals surface area (Å²) >= 11 is 0. The number of nitro benzene ring substituents is 1. The summed E-state index contributed by atoms with van der Waals surface area (Å²) < 4.78 is 5.15. The molecule has 0 fully saturated rings. The van der Waals surface area contributed by atoms with Crippen LogP contribution in [0.25, 0.3) is 0 Å². The van der Waals surface area contributed by atoms with Crippen molar-refractivity contribution in [1.82, 2.24) is 10.6 Å². The third-order valence-corrected chi connectivity index (χ3v) is 2.38. The van der Waals surface area contributed by atoms with Crippen LogP contribution in [-0.2, 0) is 0 Å². The van der Waals surface area contributed by atoms with Gasteiger partial charge in [0.15, 0.2) is 5.75 Å². The second-order valence-electron chi connectivity index (χ2n) is 3.73. The number of halogens is 1. The van der Waals surface area contributed by atoms with Crippen molar-refractivity contribution in [2.75, 3.05) is 26.7 Å². The second-order valence-corrected chi connectivity index (χ2v) is 3.73. The Morgan fingerprint density at radius 3 is 2.65 bits per heavy atom. The molecule has 8 heteroatoms. The summed E-state index contributed by atoms with van der Waals surface area (Å²) in [5, 5.41) is 16.5. The van der Waals surface area contributed by atoms with Crippen LogP contribution in [-0.4, -0.2) is 37.6 Å². The lowest BCUT2D eigenvalue weighted by Crippen LogP contribution is -2.30. The quantitative estimate of drug-likeness (QED) is 0.451. The van der Waals surface area contributed by atoms with Gasteiger partial charge < -0.3 is 15.4 Å². The summed E-state index contributed by atoms with van der Waals surface area (Å²) in [6.07, 6.45) is 0. The molecule has 1 aromatic carbocycles. The van der Waals surface area contributed by atoms with Gasteiger partial charge in [0.25, 0.3) is 5.91 Å². The third kappa shape index (κ3) is 5.02. The number of likely N-dealkylation sites (N-methyl/N-ethyl adjacent to an activating group) is 1. The zero-order valence-corrected chi connectivity index (χ0v) is 12.2. The molecule has 0 aliphatic rings. The smallest absolute Gasteiger partial charge is 0.311 e.